The molecule has 1 heterocycles. The van der Waals surface area contributed by atoms with Gasteiger partial charge in [-0.15, -0.1) is 0 Å². The van der Waals surface area contributed by atoms with Gasteiger partial charge in [0.05, 0.1) is 5.69 Å². The first-order valence-corrected chi connectivity index (χ1v) is 6.64. The summed E-state index contributed by atoms with van der Waals surface area (Å²) in [5.41, 5.74) is 8.96. The highest BCUT2D eigenvalue weighted by atomic mass is 16.5. The number of anilines is 2. The topological polar surface area (TPSA) is 64.3 Å². The van der Waals surface area contributed by atoms with Crippen molar-refractivity contribution in [1.29, 1.82) is 0 Å². The molecular weight excluding hydrogens is 252 g/mol. The Morgan fingerprint density at radius 3 is 2.70 bits per heavy atom. The van der Waals surface area contributed by atoms with Gasteiger partial charge >= 0.3 is 0 Å². The second kappa shape index (κ2) is 4.89. The molecule has 1 amide bonds. The second-order valence-electron chi connectivity index (χ2n) is 4.81. The average molecular weight is 268 g/mol. The number of carbonyl (C=O) groups is 1. The predicted molar refractivity (Wildman–Crippen MR) is 78.7 cm³/mol. The van der Waals surface area contributed by atoms with E-state index in [1.165, 1.54) is 0 Å². The number of rotatable bonds is 2. The number of aryl methyl sites for hydroxylation is 1. The SMILES string of the molecule is CCc1cc(N)cc2c1OC(c1ccccc1)C(=O)N2. The molecule has 0 aliphatic carbocycles. The molecule has 0 aromatic heterocycles. The maximum Gasteiger partial charge on any atom is 0.270 e. The summed E-state index contributed by atoms with van der Waals surface area (Å²) in [6.45, 7) is 2.03. The van der Waals surface area contributed by atoms with Gasteiger partial charge in [-0.3, -0.25) is 4.79 Å². The predicted octanol–water partition coefficient (Wildman–Crippen LogP) is 2.90. The summed E-state index contributed by atoms with van der Waals surface area (Å²) in [6.07, 6.45) is 0.183. The summed E-state index contributed by atoms with van der Waals surface area (Å²) in [4.78, 5) is 12.2. The molecule has 0 saturated carbocycles. The number of nitrogens with two attached hydrogens (primary N) is 1. The zero-order chi connectivity index (χ0) is 14.1. The van der Waals surface area contributed by atoms with Crippen molar-refractivity contribution < 1.29 is 9.53 Å². The monoisotopic (exact) mass is 268 g/mol. The molecule has 0 bridgehead atoms. The first-order chi connectivity index (χ1) is 9.69. The molecule has 0 fully saturated rings. The number of carbonyl (C=O) groups excluding carboxylic acids is 1. The van der Waals surface area contributed by atoms with Crippen LogP contribution in [-0.4, -0.2) is 5.91 Å². The van der Waals surface area contributed by atoms with Crippen molar-refractivity contribution in [3.05, 3.63) is 53.6 Å². The van der Waals surface area contributed by atoms with Gasteiger partial charge in [-0.2, -0.15) is 0 Å². The fraction of sp³-hybridized carbons (Fsp3) is 0.188. The van der Waals surface area contributed by atoms with E-state index in [-0.39, 0.29) is 5.91 Å². The number of ether oxygens (including phenoxy) is 1. The van der Waals surface area contributed by atoms with Crippen molar-refractivity contribution in [1.82, 2.24) is 0 Å². The zero-order valence-corrected chi connectivity index (χ0v) is 11.2. The normalized spacial score (nSPS) is 17.1. The van der Waals surface area contributed by atoms with Crippen LogP contribution in [0.1, 0.15) is 24.2 Å². The summed E-state index contributed by atoms with van der Waals surface area (Å²) in [7, 11) is 0. The first-order valence-electron chi connectivity index (χ1n) is 6.64. The molecular formula is C16H16N2O2. The van der Waals surface area contributed by atoms with E-state index in [0.29, 0.717) is 11.4 Å². The molecule has 3 N–H and O–H groups in total. The largest absolute Gasteiger partial charge is 0.473 e. The van der Waals surface area contributed by atoms with Crippen molar-refractivity contribution >= 4 is 17.3 Å². The number of nitrogen functional groups attached to an aromatic ring is 1. The number of amides is 1. The fourth-order valence-corrected chi connectivity index (χ4v) is 2.43. The molecule has 102 valence electrons. The molecule has 4 heteroatoms. The lowest BCUT2D eigenvalue weighted by Crippen LogP contribution is -2.30. The van der Waals surface area contributed by atoms with E-state index in [9.17, 15) is 4.79 Å². The lowest BCUT2D eigenvalue weighted by Gasteiger charge is -2.28. The quantitative estimate of drug-likeness (QED) is 0.823. The highest BCUT2D eigenvalue weighted by molar-refractivity contribution is 5.99. The lowest BCUT2D eigenvalue weighted by atomic mass is 10.0. The Balaban J connectivity index is 2.04. The van der Waals surface area contributed by atoms with Crippen LogP contribution in [0.4, 0.5) is 11.4 Å². The van der Waals surface area contributed by atoms with Crippen LogP contribution in [-0.2, 0) is 11.2 Å². The minimum atomic E-state index is -0.613. The number of hydrogen-bond donors (Lipinski definition) is 2. The highest BCUT2D eigenvalue weighted by Crippen LogP contribution is 2.39. The van der Waals surface area contributed by atoms with Gasteiger partial charge in [0.25, 0.3) is 5.91 Å². The molecule has 3 rings (SSSR count). The Labute approximate surface area is 117 Å². The molecule has 0 radical (unpaired) electrons. The van der Waals surface area contributed by atoms with Crippen LogP contribution >= 0.6 is 0 Å². The smallest absolute Gasteiger partial charge is 0.270 e. The van der Waals surface area contributed by atoms with Gasteiger partial charge in [0, 0.05) is 11.3 Å². The van der Waals surface area contributed by atoms with Gasteiger partial charge in [-0.05, 0) is 24.1 Å². The van der Waals surface area contributed by atoms with E-state index in [1.807, 2.05) is 43.3 Å². The van der Waals surface area contributed by atoms with Crippen molar-refractivity contribution in [3.63, 3.8) is 0 Å². The molecule has 0 saturated heterocycles. The zero-order valence-electron chi connectivity index (χ0n) is 11.2. The minimum Gasteiger partial charge on any atom is -0.473 e. The summed E-state index contributed by atoms with van der Waals surface area (Å²) in [5.74, 6) is 0.548. The standard InChI is InChI=1S/C16H16N2O2/c1-2-10-8-12(17)9-13-14(10)20-15(16(19)18-13)11-6-4-3-5-7-11/h3-9,15H,2,17H2,1H3,(H,18,19). The van der Waals surface area contributed by atoms with Gasteiger partial charge in [0.2, 0.25) is 6.10 Å². The van der Waals surface area contributed by atoms with E-state index in [1.54, 1.807) is 6.07 Å². The third-order valence-corrected chi connectivity index (χ3v) is 3.40. The maximum atomic E-state index is 12.2. The van der Waals surface area contributed by atoms with Crippen molar-refractivity contribution in [2.45, 2.75) is 19.4 Å². The molecule has 1 aliphatic heterocycles. The number of nitrogens with one attached hydrogen (secondary N) is 1. The summed E-state index contributed by atoms with van der Waals surface area (Å²) >= 11 is 0. The van der Waals surface area contributed by atoms with E-state index >= 15 is 0 Å². The molecule has 0 spiro atoms. The van der Waals surface area contributed by atoms with Crippen LogP contribution in [0.3, 0.4) is 0 Å². The molecule has 4 nitrogen and oxygen atoms in total. The highest BCUT2D eigenvalue weighted by Gasteiger charge is 2.30. The summed E-state index contributed by atoms with van der Waals surface area (Å²) in [5, 5.41) is 2.88. The van der Waals surface area contributed by atoms with Crippen molar-refractivity contribution in [2.75, 3.05) is 11.1 Å². The van der Waals surface area contributed by atoms with E-state index in [4.69, 9.17) is 10.5 Å². The van der Waals surface area contributed by atoms with Crippen LogP contribution in [0.2, 0.25) is 0 Å². The molecule has 2 aromatic carbocycles. The van der Waals surface area contributed by atoms with Crippen LogP contribution in [0, 0.1) is 0 Å². The number of hydrogen-bond acceptors (Lipinski definition) is 3. The second-order valence-corrected chi connectivity index (χ2v) is 4.81. The molecule has 1 atom stereocenters. The van der Waals surface area contributed by atoms with Crippen LogP contribution in [0.5, 0.6) is 5.75 Å². The fourth-order valence-electron chi connectivity index (χ4n) is 2.43. The molecule has 1 unspecified atom stereocenters. The summed E-state index contributed by atoms with van der Waals surface area (Å²) in [6, 6.07) is 13.1. The van der Waals surface area contributed by atoms with Crippen LogP contribution < -0.4 is 15.8 Å². The lowest BCUT2D eigenvalue weighted by molar-refractivity contribution is -0.123. The Kier molecular flexibility index (Phi) is 3.06. The van der Waals surface area contributed by atoms with Gasteiger partial charge in [-0.1, -0.05) is 37.3 Å². The van der Waals surface area contributed by atoms with Gasteiger partial charge in [0.15, 0.2) is 0 Å². The minimum absolute atomic E-state index is 0.170. The van der Waals surface area contributed by atoms with Gasteiger partial charge in [0.1, 0.15) is 5.75 Å². The average Bonchev–Trinajstić information content (AvgIpc) is 2.46. The Bertz CT molecular complexity index is 653. The Morgan fingerprint density at radius 2 is 2.00 bits per heavy atom. The van der Waals surface area contributed by atoms with E-state index < -0.39 is 6.10 Å². The van der Waals surface area contributed by atoms with Gasteiger partial charge in [-0.25, -0.2) is 0 Å². The third-order valence-electron chi connectivity index (χ3n) is 3.40. The van der Waals surface area contributed by atoms with Crippen molar-refractivity contribution in [2.24, 2.45) is 0 Å². The molecule has 2 aromatic rings. The maximum absolute atomic E-state index is 12.2. The first kappa shape index (κ1) is 12.5. The molecule has 20 heavy (non-hydrogen) atoms. The van der Waals surface area contributed by atoms with Gasteiger partial charge < -0.3 is 15.8 Å². The Morgan fingerprint density at radius 1 is 1.25 bits per heavy atom. The van der Waals surface area contributed by atoms with E-state index in [2.05, 4.69) is 5.32 Å². The number of fused-ring (bicyclic) bond motifs is 1. The van der Waals surface area contributed by atoms with Crippen LogP contribution in [0.15, 0.2) is 42.5 Å². The number of benzene rings is 2. The van der Waals surface area contributed by atoms with Crippen LogP contribution in [0.25, 0.3) is 0 Å². The third kappa shape index (κ3) is 2.09. The Hall–Kier alpha value is -2.49. The van der Waals surface area contributed by atoms with Crippen molar-refractivity contribution in [3.8, 4) is 5.75 Å². The van der Waals surface area contributed by atoms with E-state index in [0.717, 1.165) is 23.3 Å². The molecule has 1 aliphatic rings. The summed E-state index contributed by atoms with van der Waals surface area (Å²) < 4.78 is 5.94.